The number of hydrogen-bond donors (Lipinski definition) is 0. The molecule has 0 radical (unpaired) electrons. The molecule has 0 aliphatic heterocycles. The summed E-state index contributed by atoms with van der Waals surface area (Å²) in [5, 5.41) is 1.79. The minimum atomic E-state index is -0.422. The molecule has 1 saturated carbocycles. The van der Waals surface area contributed by atoms with Crippen LogP contribution in [0.15, 0.2) is 21.0 Å². The van der Waals surface area contributed by atoms with Crippen LogP contribution in [0.25, 0.3) is 10.2 Å². The first kappa shape index (κ1) is 26.2. The Morgan fingerprint density at radius 2 is 1.74 bits per heavy atom. The predicted octanol–water partition coefficient (Wildman–Crippen LogP) is 3.16. The van der Waals surface area contributed by atoms with E-state index in [0.29, 0.717) is 29.9 Å². The van der Waals surface area contributed by atoms with Crippen molar-refractivity contribution >= 4 is 33.4 Å². The predicted molar refractivity (Wildman–Crippen MR) is 136 cm³/mol. The van der Waals surface area contributed by atoms with Gasteiger partial charge in [0, 0.05) is 39.1 Å². The number of hydrogen-bond acceptors (Lipinski definition) is 5. The van der Waals surface area contributed by atoms with Gasteiger partial charge in [-0.05, 0) is 63.3 Å². The number of nitrogens with zero attached hydrogens (tertiary/aromatic N) is 4. The minimum absolute atomic E-state index is 0.0259. The van der Waals surface area contributed by atoms with Gasteiger partial charge in [-0.15, -0.1) is 11.3 Å². The maximum Gasteiger partial charge on any atom is 0.332 e. The highest BCUT2D eigenvalue weighted by Gasteiger charge is 2.29. The molecular weight excluding hydrogens is 452 g/mol. The van der Waals surface area contributed by atoms with Crippen LogP contribution in [0.2, 0.25) is 0 Å². The summed E-state index contributed by atoms with van der Waals surface area (Å²) in [6, 6.07) is 1.74. The topological polar surface area (TPSA) is 84.6 Å². The smallest absolute Gasteiger partial charge is 0.332 e. The third-order valence-electron chi connectivity index (χ3n) is 7.11. The molecule has 1 fully saturated rings. The molecule has 0 N–H and O–H groups in total. The van der Waals surface area contributed by atoms with Crippen LogP contribution in [0, 0.1) is 11.8 Å². The molecule has 0 saturated heterocycles. The number of amides is 2. The van der Waals surface area contributed by atoms with Crippen molar-refractivity contribution in [1.29, 1.82) is 0 Å². The average Bonchev–Trinajstić information content (AvgIpc) is 3.33. The standard InChI is InChI=1S/C25H38N4O4S/c1-5-8-14-26(4)23(31)19-11-9-18(10-12-19)16-29-24(32)22-20(13-15-34-22)28(25(29)33)17-21(30)27(6-2)7-3/h13,15,18-19H,5-12,14,16-17H2,1-4H3. The Bertz CT molecular complexity index is 1110. The third-order valence-corrected chi connectivity index (χ3v) is 8.00. The van der Waals surface area contributed by atoms with Crippen LogP contribution < -0.4 is 11.2 Å². The number of fused-ring (bicyclic) bond motifs is 1. The quantitative estimate of drug-likeness (QED) is 0.512. The molecule has 2 amide bonds. The Morgan fingerprint density at radius 1 is 1.06 bits per heavy atom. The molecule has 1 aliphatic carbocycles. The van der Waals surface area contributed by atoms with Gasteiger partial charge in [0.1, 0.15) is 11.2 Å². The molecule has 2 aromatic rings. The van der Waals surface area contributed by atoms with Gasteiger partial charge >= 0.3 is 5.69 Å². The zero-order valence-electron chi connectivity index (χ0n) is 20.9. The van der Waals surface area contributed by atoms with Crippen molar-refractivity contribution in [3.8, 4) is 0 Å². The highest BCUT2D eigenvalue weighted by atomic mass is 32.1. The Kier molecular flexibility index (Phi) is 9.10. The fourth-order valence-corrected chi connectivity index (χ4v) is 5.77. The summed E-state index contributed by atoms with van der Waals surface area (Å²) in [5.74, 6) is 0.273. The van der Waals surface area contributed by atoms with E-state index >= 15 is 0 Å². The second kappa shape index (κ2) is 11.8. The van der Waals surface area contributed by atoms with E-state index < -0.39 is 5.69 Å². The van der Waals surface area contributed by atoms with Crippen LogP contribution in [-0.2, 0) is 22.7 Å². The van der Waals surface area contributed by atoms with Gasteiger partial charge in [0.05, 0.1) is 5.52 Å². The van der Waals surface area contributed by atoms with E-state index in [1.165, 1.54) is 20.5 Å². The molecular formula is C25H38N4O4S. The lowest BCUT2D eigenvalue weighted by Crippen LogP contribution is -2.44. The monoisotopic (exact) mass is 490 g/mol. The van der Waals surface area contributed by atoms with E-state index in [4.69, 9.17) is 0 Å². The van der Waals surface area contributed by atoms with Crippen LogP contribution in [-0.4, -0.2) is 57.4 Å². The fraction of sp³-hybridized carbons (Fsp3) is 0.680. The Hall–Kier alpha value is -2.42. The number of likely N-dealkylation sites (N-methyl/N-ethyl adjacent to an activating group) is 1. The zero-order chi connectivity index (χ0) is 24.8. The Balaban J connectivity index is 1.77. The van der Waals surface area contributed by atoms with E-state index in [2.05, 4.69) is 6.92 Å². The molecule has 1 aliphatic rings. The molecule has 9 heteroatoms. The maximum absolute atomic E-state index is 13.4. The number of rotatable bonds is 10. The van der Waals surface area contributed by atoms with Crippen molar-refractivity contribution in [3.05, 3.63) is 32.3 Å². The van der Waals surface area contributed by atoms with Gasteiger partial charge < -0.3 is 9.80 Å². The highest BCUT2D eigenvalue weighted by molar-refractivity contribution is 7.17. The molecule has 0 atom stereocenters. The van der Waals surface area contributed by atoms with Crippen molar-refractivity contribution < 1.29 is 9.59 Å². The van der Waals surface area contributed by atoms with Gasteiger partial charge in [-0.3, -0.25) is 23.5 Å². The van der Waals surface area contributed by atoms with E-state index in [-0.39, 0.29) is 35.8 Å². The van der Waals surface area contributed by atoms with Crippen LogP contribution in [0.1, 0.15) is 59.3 Å². The van der Waals surface area contributed by atoms with E-state index in [0.717, 1.165) is 45.1 Å². The van der Waals surface area contributed by atoms with Gasteiger partial charge in [-0.2, -0.15) is 0 Å². The van der Waals surface area contributed by atoms with E-state index in [1.807, 2.05) is 25.8 Å². The lowest BCUT2D eigenvalue weighted by Gasteiger charge is -2.30. The summed E-state index contributed by atoms with van der Waals surface area (Å²) in [5.41, 5.74) is -0.172. The lowest BCUT2D eigenvalue weighted by molar-refractivity contribution is -0.135. The summed E-state index contributed by atoms with van der Waals surface area (Å²) in [7, 11) is 1.88. The molecule has 2 aromatic heterocycles. The molecule has 188 valence electrons. The number of carbonyl (C=O) groups excluding carboxylic acids is 2. The first-order valence-corrected chi connectivity index (χ1v) is 13.4. The molecule has 2 heterocycles. The molecule has 0 bridgehead atoms. The van der Waals surface area contributed by atoms with Gasteiger partial charge in [-0.25, -0.2) is 4.79 Å². The number of unbranched alkanes of at least 4 members (excludes halogenated alkanes) is 1. The Morgan fingerprint density at radius 3 is 2.35 bits per heavy atom. The van der Waals surface area contributed by atoms with E-state index in [1.54, 1.807) is 16.3 Å². The van der Waals surface area contributed by atoms with Gasteiger partial charge in [0.2, 0.25) is 11.8 Å². The Labute approximate surface area is 205 Å². The molecule has 8 nitrogen and oxygen atoms in total. The molecule has 0 unspecified atom stereocenters. The first-order chi connectivity index (χ1) is 16.3. The van der Waals surface area contributed by atoms with Crippen LogP contribution in [0.3, 0.4) is 0 Å². The van der Waals surface area contributed by atoms with Crippen molar-refractivity contribution in [2.45, 2.75) is 72.4 Å². The zero-order valence-corrected chi connectivity index (χ0v) is 21.7. The average molecular weight is 491 g/mol. The molecule has 0 spiro atoms. The second-order valence-electron chi connectivity index (χ2n) is 9.32. The molecule has 34 heavy (non-hydrogen) atoms. The number of thiophene rings is 1. The summed E-state index contributed by atoms with van der Waals surface area (Å²) < 4.78 is 3.27. The van der Waals surface area contributed by atoms with Crippen LogP contribution in [0.4, 0.5) is 0 Å². The van der Waals surface area contributed by atoms with Crippen LogP contribution >= 0.6 is 11.3 Å². The molecule has 3 rings (SSSR count). The lowest BCUT2D eigenvalue weighted by atomic mass is 9.81. The summed E-state index contributed by atoms with van der Waals surface area (Å²) in [4.78, 5) is 55.5. The van der Waals surface area contributed by atoms with Gasteiger partial charge in [0.15, 0.2) is 0 Å². The summed E-state index contributed by atoms with van der Waals surface area (Å²) in [6.45, 7) is 8.14. The second-order valence-corrected chi connectivity index (χ2v) is 10.2. The van der Waals surface area contributed by atoms with Crippen molar-refractivity contribution in [2.75, 3.05) is 26.7 Å². The fourth-order valence-electron chi connectivity index (χ4n) is 4.93. The minimum Gasteiger partial charge on any atom is -0.346 e. The van der Waals surface area contributed by atoms with Gasteiger partial charge in [0.25, 0.3) is 5.56 Å². The summed E-state index contributed by atoms with van der Waals surface area (Å²) in [6.07, 6.45) is 5.26. The third kappa shape index (κ3) is 5.62. The highest BCUT2D eigenvalue weighted by Crippen LogP contribution is 2.30. The SMILES string of the molecule is CCCCN(C)C(=O)C1CCC(Cn2c(=O)c3sccc3n(CC(=O)N(CC)CC)c2=O)CC1. The first-order valence-electron chi connectivity index (χ1n) is 12.6. The van der Waals surface area contributed by atoms with E-state index in [9.17, 15) is 19.2 Å². The van der Waals surface area contributed by atoms with Crippen molar-refractivity contribution in [1.82, 2.24) is 18.9 Å². The molecule has 0 aromatic carbocycles. The summed E-state index contributed by atoms with van der Waals surface area (Å²) >= 11 is 1.31. The van der Waals surface area contributed by atoms with Crippen molar-refractivity contribution in [2.24, 2.45) is 11.8 Å². The van der Waals surface area contributed by atoms with Crippen LogP contribution in [0.5, 0.6) is 0 Å². The number of aromatic nitrogens is 2. The largest absolute Gasteiger partial charge is 0.346 e. The van der Waals surface area contributed by atoms with Gasteiger partial charge in [-0.1, -0.05) is 13.3 Å². The normalized spacial score (nSPS) is 18.2. The van der Waals surface area contributed by atoms with Crippen molar-refractivity contribution in [3.63, 3.8) is 0 Å². The number of carbonyl (C=O) groups is 2. The maximum atomic E-state index is 13.4.